The molecule has 3 rings (SSSR count). The lowest BCUT2D eigenvalue weighted by Gasteiger charge is -2.31. The molecule has 4 heteroatoms. The molecule has 0 atom stereocenters. The van der Waals surface area contributed by atoms with Crippen LogP contribution in [0.1, 0.15) is 11.1 Å². The van der Waals surface area contributed by atoms with Gasteiger partial charge in [0, 0.05) is 11.1 Å². The second-order valence-corrected chi connectivity index (χ2v) is 4.09. The Labute approximate surface area is 103 Å². The van der Waals surface area contributed by atoms with Crippen LogP contribution in [0.15, 0.2) is 48.5 Å². The van der Waals surface area contributed by atoms with Crippen LogP contribution in [0.5, 0.6) is 11.5 Å². The normalized spacial score (nSPS) is 15.2. The van der Waals surface area contributed by atoms with Crippen LogP contribution in [0.25, 0.3) is 0 Å². The fourth-order valence-electron chi connectivity index (χ4n) is 2.19. The highest BCUT2D eigenvalue weighted by Crippen LogP contribution is 2.46. The minimum absolute atomic E-state index is 0.184. The molecule has 0 unspecified atom stereocenters. The maximum absolute atomic E-state index is 11.4. The number of rotatable bonds is 1. The summed E-state index contributed by atoms with van der Waals surface area (Å²) in [5.74, 6) is -0.920. The molecule has 1 heterocycles. The highest BCUT2D eigenvalue weighted by molar-refractivity contribution is 5.86. The van der Waals surface area contributed by atoms with Gasteiger partial charge in [0.1, 0.15) is 11.5 Å². The zero-order chi connectivity index (χ0) is 12.8. The van der Waals surface area contributed by atoms with E-state index in [0.29, 0.717) is 11.5 Å². The van der Waals surface area contributed by atoms with Crippen LogP contribution >= 0.6 is 0 Å². The van der Waals surface area contributed by atoms with Crippen molar-refractivity contribution in [3.63, 3.8) is 0 Å². The van der Waals surface area contributed by atoms with Gasteiger partial charge in [0.2, 0.25) is 5.60 Å². The van der Waals surface area contributed by atoms with Crippen molar-refractivity contribution in [2.45, 2.75) is 5.60 Å². The van der Waals surface area contributed by atoms with Gasteiger partial charge in [-0.25, -0.2) is 9.90 Å². The Morgan fingerprint density at radius 1 is 0.944 bits per heavy atom. The molecule has 0 amide bonds. The first-order valence-corrected chi connectivity index (χ1v) is 5.44. The molecule has 1 radical (unpaired) electrons. The molecule has 18 heavy (non-hydrogen) atoms. The monoisotopic (exact) mass is 241 g/mol. The molecule has 0 aliphatic carbocycles. The van der Waals surface area contributed by atoms with E-state index in [1.165, 1.54) is 12.1 Å². The van der Waals surface area contributed by atoms with E-state index >= 15 is 0 Å². The fraction of sp³-hybridized carbons (Fsp3) is 0.0714. The molecule has 4 nitrogen and oxygen atoms in total. The molecule has 0 saturated heterocycles. The largest absolute Gasteiger partial charge is 0.457 e. The van der Waals surface area contributed by atoms with Crippen LogP contribution in [0.3, 0.4) is 0 Å². The summed E-state index contributed by atoms with van der Waals surface area (Å²) in [4.78, 5) is 11.4. The molecule has 0 bridgehead atoms. The summed E-state index contributed by atoms with van der Waals surface area (Å²) in [5.41, 5.74) is -1.81. The lowest BCUT2D eigenvalue weighted by atomic mass is 9.83. The number of fused-ring (bicyclic) bond motifs is 2. The number of para-hydroxylation sites is 2. The van der Waals surface area contributed by atoms with Gasteiger partial charge in [0.15, 0.2) is 0 Å². The Kier molecular flexibility index (Phi) is 2.15. The van der Waals surface area contributed by atoms with Crippen molar-refractivity contribution >= 4 is 5.97 Å². The Hall–Kier alpha value is -2.33. The van der Waals surface area contributed by atoms with E-state index in [4.69, 9.17) is 4.74 Å². The third-order valence-electron chi connectivity index (χ3n) is 3.07. The second-order valence-electron chi connectivity index (χ2n) is 4.09. The van der Waals surface area contributed by atoms with E-state index in [1.807, 2.05) is 0 Å². The van der Waals surface area contributed by atoms with Gasteiger partial charge < -0.3 is 9.84 Å². The average molecular weight is 241 g/mol. The lowest BCUT2D eigenvalue weighted by molar-refractivity contribution is -0.162. The molecule has 1 N–H and O–H groups in total. The molecule has 2 aromatic rings. The summed E-state index contributed by atoms with van der Waals surface area (Å²) in [6.45, 7) is 0. The zero-order valence-corrected chi connectivity index (χ0v) is 9.29. The molecule has 1 aliphatic rings. The van der Waals surface area contributed by atoms with Gasteiger partial charge in [0.05, 0.1) is 0 Å². The number of ether oxygens (including phenoxy) is 1. The van der Waals surface area contributed by atoms with E-state index in [2.05, 4.69) is 0 Å². The van der Waals surface area contributed by atoms with E-state index in [1.54, 1.807) is 36.4 Å². The first-order chi connectivity index (χ1) is 8.64. The van der Waals surface area contributed by atoms with E-state index in [-0.39, 0.29) is 11.1 Å². The van der Waals surface area contributed by atoms with Crippen molar-refractivity contribution < 1.29 is 19.7 Å². The van der Waals surface area contributed by atoms with Crippen LogP contribution < -0.4 is 4.74 Å². The highest BCUT2D eigenvalue weighted by atomic mass is 16.5. The molecule has 89 valence electrons. The maximum atomic E-state index is 11.4. The first kappa shape index (κ1) is 10.8. The average Bonchev–Trinajstić information content (AvgIpc) is 2.39. The number of aliphatic hydroxyl groups is 1. The number of hydrogen-bond acceptors (Lipinski definition) is 3. The molecule has 2 aromatic carbocycles. The van der Waals surface area contributed by atoms with Gasteiger partial charge in [-0.1, -0.05) is 36.4 Å². The number of carbonyl (C=O) groups excluding carboxylic acids is 1. The molecule has 0 spiro atoms. The van der Waals surface area contributed by atoms with Gasteiger partial charge in [-0.05, 0) is 12.1 Å². The Morgan fingerprint density at radius 3 is 1.83 bits per heavy atom. The zero-order valence-electron chi connectivity index (χ0n) is 9.29. The minimum atomic E-state index is -2.18. The molecule has 1 aliphatic heterocycles. The van der Waals surface area contributed by atoms with Crippen LogP contribution in [-0.2, 0) is 15.5 Å². The van der Waals surface area contributed by atoms with Crippen molar-refractivity contribution in [2.24, 2.45) is 0 Å². The third kappa shape index (κ3) is 1.26. The number of benzene rings is 2. The molecular weight excluding hydrogens is 232 g/mol. The van der Waals surface area contributed by atoms with Crippen LogP contribution in [-0.4, -0.2) is 11.1 Å². The second kappa shape index (κ2) is 3.58. The predicted octanol–water partition coefficient (Wildman–Crippen LogP) is 1.99. The van der Waals surface area contributed by atoms with Gasteiger partial charge >= 0.3 is 5.97 Å². The minimum Gasteiger partial charge on any atom is -0.457 e. The van der Waals surface area contributed by atoms with Crippen LogP contribution in [0.2, 0.25) is 0 Å². The summed E-state index contributed by atoms with van der Waals surface area (Å²) in [5, 5.41) is 21.9. The lowest BCUT2D eigenvalue weighted by Crippen LogP contribution is -2.38. The van der Waals surface area contributed by atoms with Crippen molar-refractivity contribution in [2.75, 3.05) is 0 Å². The van der Waals surface area contributed by atoms with Gasteiger partial charge in [-0.15, -0.1) is 0 Å². The summed E-state index contributed by atoms with van der Waals surface area (Å²) >= 11 is 0. The predicted molar refractivity (Wildman–Crippen MR) is 61.7 cm³/mol. The van der Waals surface area contributed by atoms with Crippen molar-refractivity contribution in [1.29, 1.82) is 0 Å². The van der Waals surface area contributed by atoms with E-state index in [9.17, 15) is 15.0 Å². The SMILES string of the molecule is [O]C(=O)C1(O)c2ccccc2Oc2ccccc21. The fourth-order valence-corrected chi connectivity index (χ4v) is 2.19. The highest BCUT2D eigenvalue weighted by Gasteiger charge is 2.48. The van der Waals surface area contributed by atoms with Crippen molar-refractivity contribution in [1.82, 2.24) is 0 Å². The summed E-state index contributed by atoms with van der Waals surface area (Å²) in [6, 6.07) is 13.0. The van der Waals surface area contributed by atoms with Gasteiger partial charge in [-0.2, -0.15) is 0 Å². The quantitative estimate of drug-likeness (QED) is 0.830. The third-order valence-corrected chi connectivity index (χ3v) is 3.07. The summed E-state index contributed by atoms with van der Waals surface area (Å²) < 4.78 is 5.57. The molecule has 0 saturated carbocycles. The van der Waals surface area contributed by atoms with E-state index in [0.717, 1.165) is 0 Å². The maximum Gasteiger partial charge on any atom is 0.396 e. The molecular formula is C14H9O4. The Balaban J connectivity index is 2.34. The molecule has 0 aromatic heterocycles. The molecule has 0 fully saturated rings. The summed E-state index contributed by atoms with van der Waals surface area (Å²) in [7, 11) is 0. The van der Waals surface area contributed by atoms with Crippen LogP contribution in [0, 0.1) is 0 Å². The van der Waals surface area contributed by atoms with E-state index < -0.39 is 11.6 Å². The number of hydrogen-bond donors (Lipinski definition) is 1. The number of carbonyl (C=O) groups is 1. The summed E-state index contributed by atoms with van der Waals surface area (Å²) in [6.07, 6.45) is 0. The van der Waals surface area contributed by atoms with Gasteiger partial charge in [0.25, 0.3) is 0 Å². The first-order valence-electron chi connectivity index (χ1n) is 5.44. The van der Waals surface area contributed by atoms with Crippen LogP contribution in [0.4, 0.5) is 0 Å². The Bertz CT molecular complexity index is 588. The topological polar surface area (TPSA) is 66.4 Å². The Morgan fingerprint density at radius 2 is 1.39 bits per heavy atom. The standard InChI is InChI=1S/C14H9O4/c15-13(16)14(17)9-5-1-3-7-11(9)18-12-8-4-2-6-10(12)14/h1-8,17H. The van der Waals surface area contributed by atoms with Crippen molar-refractivity contribution in [3.05, 3.63) is 59.7 Å². The van der Waals surface area contributed by atoms with Crippen molar-refractivity contribution in [3.8, 4) is 11.5 Å². The smallest absolute Gasteiger partial charge is 0.396 e. The van der Waals surface area contributed by atoms with Gasteiger partial charge in [-0.3, -0.25) is 0 Å².